The van der Waals surface area contributed by atoms with Crippen LogP contribution in [0.5, 0.6) is 0 Å². The van der Waals surface area contributed by atoms with Crippen LogP contribution in [0.25, 0.3) is 0 Å². The van der Waals surface area contributed by atoms with Crippen LogP contribution >= 0.6 is 11.8 Å². The van der Waals surface area contributed by atoms with E-state index in [-0.39, 0.29) is 0 Å². The van der Waals surface area contributed by atoms with Crippen LogP contribution in [-0.2, 0) is 13.5 Å². The van der Waals surface area contributed by atoms with Crippen LogP contribution in [0.3, 0.4) is 0 Å². The van der Waals surface area contributed by atoms with E-state index in [9.17, 15) is 0 Å². The number of rotatable bonds is 4. The highest BCUT2D eigenvalue weighted by Crippen LogP contribution is 2.28. The van der Waals surface area contributed by atoms with Gasteiger partial charge in [-0.2, -0.15) is 5.10 Å². The quantitative estimate of drug-likeness (QED) is 0.870. The van der Waals surface area contributed by atoms with Gasteiger partial charge < -0.3 is 5.73 Å². The third-order valence-electron chi connectivity index (χ3n) is 2.26. The number of hydrogen-bond acceptors (Lipinski definition) is 4. The minimum atomic E-state index is 0.663. The summed E-state index contributed by atoms with van der Waals surface area (Å²) in [6.07, 6.45) is 2.45. The van der Waals surface area contributed by atoms with Crippen molar-refractivity contribution in [2.45, 2.75) is 16.5 Å². The molecule has 0 fully saturated rings. The van der Waals surface area contributed by atoms with Crippen molar-refractivity contribution < 1.29 is 0 Å². The van der Waals surface area contributed by atoms with E-state index in [2.05, 4.69) is 22.2 Å². The molecule has 0 spiro atoms. The van der Waals surface area contributed by atoms with E-state index in [1.165, 1.54) is 10.5 Å². The van der Waals surface area contributed by atoms with Crippen molar-refractivity contribution in [1.82, 2.24) is 14.8 Å². The summed E-state index contributed by atoms with van der Waals surface area (Å²) in [6, 6.07) is 8.25. The molecule has 0 atom stereocenters. The van der Waals surface area contributed by atoms with Crippen LogP contribution in [0.4, 0.5) is 0 Å². The third-order valence-corrected chi connectivity index (χ3v) is 3.43. The van der Waals surface area contributed by atoms with Gasteiger partial charge in [-0.25, -0.2) is 9.67 Å². The zero-order valence-electron chi connectivity index (χ0n) is 9.13. The van der Waals surface area contributed by atoms with E-state index in [0.29, 0.717) is 6.54 Å². The Bertz CT molecular complexity index is 467. The van der Waals surface area contributed by atoms with Crippen LogP contribution < -0.4 is 5.73 Å². The number of benzene rings is 1. The lowest BCUT2D eigenvalue weighted by molar-refractivity contribution is 0.685. The molecule has 0 saturated carbocycles. The summed E-state index contributed by atoms with van der Waals surface area (Å²) in [5, 5.41) is 4.94. The molecule has 0 saturated heterocycles. The van der Waals surface area contributed by atoms with Gasteiger partial charge in [0.1, 0.15) is 6.33 Å². The molecule has 0 aliphatic rings. The molecule has 1 heterocycles. The molecule has 0 aliphatic carbocycles. The Morgan fingerprint density at radius 1 is 1.38 bits per heavy atom. The summed E-state index contributed by atoms with van der Waals surface area (Å²) >= 11 is 1.62. The SMILES string of the molecule is Cn1ncnc1Sc1ccccc1CCN. The van der Waals surface area contributed by atoms with E-state index in [4.69, 9.17) is 5.73 Å². The van der Waals surface area contributed by atoms with Crippen molar-refractivity contribution in [3.63, 3.8) is 0 Å². The molecule has 16 heavy (non-hydrogen) atoms. The Morgan fingerprint density at radius 3 is 2.88 bits per heavy atom. The maximum atomic E-state index is 5.59. The minimum Gasteiger partial charge on any atom is -0.330 e. The molecule has 0 unspecified atom stereocenters. The second-order valence-electron chi connectivity index (χ2n) is 3.41. The van der Waals surface area contributed by atoms with Crippen LogP contribution in [0.15, 0.2) is 40.6 Å². The van der Waals surface area contributed by atoms with Crippen molar-refractivity contribution >= 4 is 11.8 Å². The fourth-order valence-electron chi connectivity index (χ4n) is 1.44. The normalized spacial score (nSPS) is 10.6. The lowest BCUT2D eigenvalue weighted by Crippen LogP contribution is -2.03. The first kappa shape index (κ1) is 11.2. The van der Waals surface area contributed by atoms with Gasteiger partial charge >= 0.3 is 0 Å². The average Bonchev–Trinajstić information content (AvgIpc) is 2.68. The van der Waals surface area contributed by atoms with Gasteiger partial charge in [-0.15, -0.1) is 0 Å². The summed E-state index contributed by atoms with van der Waals surface area (Å²) in [4.78, 5) is 5.39. The summed E-state index contributed by atoms with van der Waals surface area (Å²) in [5.41, 5.74) is 6.85. The van der Waals surface area contributed by atoms with E-state index >= 15 is 0 Å². The van der Waals surface area contributed by atoms with E-state index < -0.39 is 0 Å². The predicted octanol–water partition coefficient (Wildman–Crippen LogP) is 1.47. The van der Waals surface area contributed by atoms with Crippen molar-refractivity contribution in [3.8, 4) is 0 Å². The van der Waals surface area contributed by atoms with Gasteiger partial charge in [-0.1, -0.05) is 18.2 Å². The van der Waals surface area contributed by atoms with Gasteiger partial charge in [0.05, 0.1) is 0 Å². The molecule has 0 aliphatic heterocycles. The second kappa shape index (κ2) is 5.14. The van der Waals surface area contributed by atoms with Gasteiger partial charge in [0.25, 0.3) is 0 Å². The monoisotopic (exact) mass is 234 g/mol. The first-order valence-corrected chi connectivity index (χ1v) is 5.92. The number of nitrogens with two attached hydrogens (primary N) is 1. The number of aromatic nitrogens is 3. The van der Waals surface area contributed by atoms with E-state index in [0.717, 1.165) is 11.6 Å². The molecule has 1 aromatic heterocycles. The molecule has 2 aromatic rings. The molecule has 4 nitrogen and oxygen atoms in total. The molecule has 2 N–H and O–H groups in total. The van der Waals surface area contributed by atoms with Gasteiger partial charge in [-0.05, 0) is 36.4 Å². The lowest BCUT2D eigenvalue weighted by Gasteiger charge is -2.06. The number of nitrogens with zero attached hydrogens (tertiary/aromatic N) is 3. The highest BCUT2D eigenvalue weighted by Gasteiger charge is 2.06. The molecule has 2 rings (SSSR count). The Hall–Kier alpha value is -1.33. The number of aryl methyl sites for hydroxylation is 1. The highest BCUT2D eigenvalue weighted by molar-refractivity contribution is 7.99. The van der Waals surface area contributed by atoms with E-state index in [1.54, 1.807) is 22.8 Å². The highest BCUT2D eigenvalue weighted by atomic mass is 32.2. The zero-order valence-corrected chi connectivity index (χ0v) is 9.94. The Kier molecular flexibility index (Phi) is 3.58. The fourth-order valence-corrected chi connectivity index (χ4v) is 2.37. The average molecular weight is 234 g/mol. The Labute approximate surface area is 98.9 Å². The third kappa shape index (κ3) is 2.43. The molecule has 0 amide bonds. The maximum absolute atomic E-state index is 5.59. The van der Waals surface area contributed by atoms with Crippen LogP contribution in [0.2, 0.25) is 0 Å². The summed E-state index contributed by atoms with van der Waals surface area (Å²) < 4.78 is 1.77. The zero-order chi connectivity index (χ0) is 11.4. The van der Waals surface area contributed by atoms with E-state index in [1.807, 2.05) is 19.2 Å². The summed E-state index contributed by atoms with van der Waals surface area (Å²) in [7, 11) is 1.89. The molecule has 1 aromatic carbocycles. The molecule has 0 bridgehead atoms. The Balaban J connectivity index is 2.24. The maximum Gasteiger partial charge on any atom is 0.190 e. The van der Waals surface area contributed by atoms with Crippen LogP contribution in [-0.4, -0.2) is 21.3 Å². The predicted molar refractivity (Wildman–Crippen MR) is 64.3 cm³/mol. The van der Waals surface area contributed by atoms with Gasteiger partial charge in [0.2, 0.25) is 0 Å². The molecular weight excluding hydrogens is 220 g/mol. The van der Waals surface area contributed by atoms with Gasteiger partial charge in [-0.3, -0.25) is 0 Å². The van der Waals surface area contributed by atoms with Crippen molar-refractivity contribution in [1.29, 1.82) is 0 Å². The standard InChI is InChI=1S/C11H14N4S/c1-15-11(13-8-14-15)16-10-5-3-2-4-9(10)6-7-12/h2-5,8H,6-7,12H2,1H3. The Morgan fingerprint density at radius 2 is 2.19 bits per heavy atom. The van der Waals surface area contributed by atoms with Gasteiger partial charge in [0.15, 0.2) is 5.16 Å². The van der Waals surface area contributed by atoms with Crippen molar-refractivity contribution in [2.24, 2.45) is 12.8 Å². The molecular formula is C11H14N4S. The van der Waals surface area contributed by atoms with Crippen molar-refractivity contribution in [2.75, 3.05) is 6.54 Å². The first-order chi connectivity index (χ1) is 7.81. The smallest absolute Gasteiger partial charge is 0.190 e. The molecule has 84 valence electrons. The fraction of sp³-hybridized carbons (Fsp3) is 0.273. The van der Waals surface area contributed by atoms with Crippen LogP contribution in [0, 0.1) is 0 Å². The largest absolute Gasteiger partial charge is 0.330 e. The van der Waals surface area contributed by atoms with Crippen molar-refractivity contribution in [3.05, 3.63) is 36.2 Å². The molecule has 0 radical (unpaired) electrons. The van der Waals surface area contributed by atoms with Gasteiger partial charge in [0, 0.05) is 11.9 Å². The first-order valence-electron chi connectivity index (χ1n) is 5.11. The second-order valence-corrected chi connectivity index (χ2v) is 4.42. The summed E-state index contributed by atoms with van der Waals surface area (Å²) in [6.45, 7) is 0.663. The minimum absolute atomic E-state index is 0.663. The molecule has 5 heteroatoms. The lowest BCUT2D eigenvalue weighted by atomic mass is 10.1. The number of hydrogen-bond donors (Lipinski definition) is 1. The summed E-state index contributed by atoms with van der Waals surface area (Å²) in [5.74, 6) is 0. The topological polar surface area (TPSA) is 56.7 Å². The van der Waals surface area contributed by atoms with Crippen LogP contribution in [0.1, 0.15) is 5.56 Å².